The number of aliphatic hydroxyl groups is 1. The topological polar surface area (TPSA) is 62.1 Å². The molecule has 6 heteroatoms. The van der Waals surface area contributed by atoms with E-state index in [1.165, 1.54) is 12.8 Å². The highest BCUT2D eigenvalue weighted by Crippen LogP contribution is 2.55. The molecular weight excluding hydrogens is 320 g/mol. The Labute approximate surface area is 125 Å². The number of rotatable bonds is 2. The van der Waals surface area contributed by atoms with Crippen molar-refractivity contribution in [1.82, 2.24) is 15.0 Å². The van der Waals surface area contributed by atoms with Crippen molar-refractivity contribution in [3.05, 3.63) is 23.1 Å². The number of pyridine rings is 1. The van der Waals surface area contributed by atoms with Crippen molar-refractivity contribution in [3.8, 4) is 0 Å². The third kappa shape index (κ3) is 1.90. The minimum atomic E-state index is 0.154. The predicted octanol–water partition coefficient (Wildman–Crippen LogP) is 2.14. The Balaban J connectivity index is 1.81. The molecule has 1 N–H and O–H groups in total. The summed E-state index contributed by atoms with van der Waals surface area (Å²) in [5, 5.41) is 9.66. The number of nitrogens with zero attached hydrogens (tertiary/aromatic N) is 4. The lowest BCUT2D eigenvalue weighted by molar-refractivity contribution is 0.261. The molecule has 1 aliphatic carbocycles. The average Bonchev–Trinajstić information content (AvgIpc) is 3.10. The second kappa shape index (κ2) is 4.36. The first-order valence-electron chi connectivity index (χ1n) is 6.85. The summed E-state index contributed by atoms with van der Waals surface area (Å²) in [6.07, 6.45) is 6.94. The molecular formula is C14H15BrN4O. The van der Waals surface area contributed by atoms with E-state index < -0.39 is 0 Å². The maximum atomic E-state index is 9.66. The van der Waals surface area contributed by atoms with Crippen LogP contribution in [0.3, 0.4) is 0 Å². The van der Waals surface area contributed by atoms with Crippen molar-refractivity contribution in [2.45, 2.75) is 25.3 Å². The standard InChI is InChI=1S/C14H15BrN4O/c15-9-3-11-12(16-5-9)13(18-8-17-11)19-7-14(1-2-14)4-10(19)6-20/h3,5,8,10,20H,1-2,4,6-7H2/t10-/m0/s1. The van der Waals surface area contributed by atoms with E-state index in [0.29, 0.717) is 5.41 Å². The third-order valence-electron chi connectivity index (χ3n) is 4.48. The largest absolute Gasteiger partial charge is 0.394 e. The summed E-state index contributed by atoms with van der Waals surface area (Å²) in [5.41, 5.74) is 2.06. The molecule has 1 spiro atoms. The zero-order valence-corrected chi connectivity index (χ0v) is 12.5. The van der Waals surface area contributed by atoms with E-state index in [-0.39, 0.29) is 12.6 Å². The summed E-state index contributed by atoms with van der Waals surface area (Å²) in [4.78, 5) is 15.4. The minimum absolute atomic E-state index is 0.154. The zero-order chi connectivity index (χ0) is 13.7. The molecule has 1 aliphatic heterocycles. The van der Waals surface area contributed by atoms with Crippen LogP contribution in [0, 0.1) is 5.41 Å². The highest BCUT2D eigenvalue weighted by Gasteiger charge is 2.52. The Kier molecular flexibility index (Phi) is 2.72. The summed E-state index contributed by atoms with van der Waals surface area (Å²) >= 11 is 3.42. The molecule has 3 heterocycles. The Bertz CT molecular complexity index is 673. The van der Waals surface area contributed by atoms with Crippen molar-refractivity contribution < 1.29 is 5.11 Å². The maximum absolute atomic E-state index is 9.66. The van der Waals surface area contributed by atoms with Crippen molar-refractivity contribution in [2.24, 2.45) is 5.41 Å². The van der Waals surface area contributed by atoms with E-state index in [9.17, 15) is 5.11 Å². The Morgan fingerprint density at radius 3 is 2.95 bits per heavy atom. The monoisotopic (exact) mass is 334 g/mol. The van der Waals surface area contributed by atoms with E-state index in [4.69, 9.17) is 0 Å². The zero-order valence-electron chi connectivity index (χ0n) is 11.0. The van der Waals surface area contributed by atoms with Gasteiger partial charge in [-0.3, -0.25) is 0 Å². The number of hydrogen-bond acceptors (Lipinski definition) is 5. The van der Waals surface area contributed by atoms with E-state index in [1.54, 1.807) is 12.5 Å². The van der Waals surface area contributed by atoms with Crippen LogP contribution in [0.2, 0.25) is 0 Å². The molecule has 0 radical (unpaired) electrons. The number of aromatic nitrogens is 3. The number of hydrogen-bond donors (Lipinski definition) is 1. The third-order valence-corrected chi connectivity index (χ3v) is 4.91. The van der Waals surface area contributed by atoms with Crippen LogP contribution in [0.1, 0.15) is 19.3 Å². The van der Waals surface area contributed by atoms with Crippen molar-refractivity contribution >= 4 is 32.8 Å². The fourth-order valence-corrected chi connectivity index (χ4v) is 3.55. The summed E-state index contributed by atoms with van der Waals surface area (Å²) in [6.45, 7) is 1.14. The molecule has 0 amide bonds. The van der Waals surface area contributed by atoms with Gasteiger partial charge in [-0.2, -0.15) is 0 Å². The molecule has 1 saturated carbocycles. The van der Waals surface area contributed by atoms with Crippen LogP contribution < -0.4 is 4.90 Å². The van der Waals surface area contributed by atoms with Crippen molar-refractivity contribution in [2.75, 3.05) is 18.1 Å². The predicted molar refractivity (Wildman–Crippen MR) is 79.5 cm³/mol. The van der Waals surface area contributed by atoms with Crippen LogP contribution >= 0.6 is 15.9 Å². The number of fused-ring (bicyclic) bond motifs is 1. The Morgan fingerprint density at radius 1 is 1.35 bits per heavy atom. The fourth-order valence-electron chi connectivity index (χ4n) is 3.23. The highest BCUT2D eigenvalue weighted by molar-refractivity contribution is 9.10. The van der Waals surface area contributed by atoms with Crippen LogP contribution in [0.5, 0.6) is 0 Å². The van der Waals surface area contributed by atoms with Crippen molar-refractivity contribution in [3.63, 3.8) is 0 Å². The van der Waals surface area contributed by atoms with Gasteiger partial charge in [-0.15, -0.1) is 0 Å². The normalized spacial score (nSPS) is 23.7. The Hall–Kier alpha value is -1.27. The van der Waals surface area contributed by atoms with Gasteiger partial charge in [0.1, 0.15) is 11.8 Å². The van der Waals surface area contributed by atoms with Gasteiger partial charge < -0.3 is 10.0 Å². The van der Waals surface area contributed by atoms with Gasteiger partial charge in [-0.05, 0) is 46.7 Å². The number of halogens is 1. The lowest BCUT2D eigenvalue weighted by atomic mass is 10.0. The number of anilines is 1. The molecule has 4 rings (SSSR count). The van der Waals surface area contributed by atoms with Gasteiger partial charge in [0, 0.05) is 17.2 Å². The van der Waals surface area contributed by atoms with Gasteiger partial charge in [-0.25, -0.2) is 15.0 Å². The molecule has 1 saturated heterocycles. The molecule has 2 aromatic heterocycles. The van der Waals surface area contributed by atoms with Gasteiger partial charge in [0.25, 0.3) is 0 Å². The molecule has 20 heavy (non-hydrogen) atoms. The van der Waals surface area contributed by atoms with Crippen LogP contribution in [-0.2, 0) is 0 Å². The molecule has 104 valence electrons. The summed E-state index contributed by atoms with van der Waals surface area (Å²) in [5.74, 6) is 0.852. The summed E-state index contributed by atoms with van der Waals surface area (Å²) < 4.78 is 0.911. The number of aliphatic hydroxyl groups excluding tert-OH is 1. The molecule has 0 unspecified atom stereocenters. The second-order valence-corrected chi connectivity index (χ2v) is 6.80. The molecule has 0 bridgehead atoms. The van der Waals surface area contributed by atoms with Gasteiger partial charge in [0.05, 0.1) is 18.2 Å². The fraction of sp³-hybridized carbons (Fsp3) is 0.500. The van der Waals surface area contributed by atoms with Crippen LogP contribution in [0.4, 0.5) is 5.82 Å². The SMILES string of the molecule is OC[C@@H]1CC2(CC2)CN1c1ncnc2cc(Br)cnc12. The molecule has 2 fully saturated rings. The molecule has 2 aromatic rings. The van der Waals surface area contributed by atoms with Crippen molar-refractivity contribution in [1.29, 1.82) is 0 Å². The molecule has 1 atom stereocenters. The Morgan fingerprint density at radius 2 is 2.20 bits per heavy atom. The van der Waals surface area contributed by atoms with E-state index in [2.05, 4.69) is 35.8 Å². The molecule has 2 aliphatic rings. The second-order valence-electron chi connectivity index (χ2n) is 5.89. The van der Waals surface area contributed by atoms with Gasteiger partial charge in [-0.1, -0.05) is 0 Å². The summed E-state index contributed by atoms with van der Waals surface area (Å²) in [7, 11) is 0. The van der Waals surface area contributed by atoms with E-state index in [0.717, 1.165) is 34.3 Å². The average molecular weight is 335 g/mol. The smallest absolute Gasteiger partial charge is 0.158 e. The maximum Gasteiger partial charge on any atom is 0.158 e. The quantitative estimate of drug-likeness (QED) is 0.911. The first-order valence-corrected chi connectivity index (χ1v) is 7.64. The highest BCUT2D eigenvalue weighted by atomic mass is 79.9. The van der Waals surface area contributed by atoms with E-state index >= 15 is 0 Å². The van der Waals surface area contributed by atoms with Gasteiger partial charge in [0.2, 0.25) is 0 Å². The van der Waals surface area contributed by atoms with E-state index in [1.807, 2.05) is 6.07 Å². The van der Waals surface area contributed by atoms with Crippen LogP contribution in [0.15, 0.2) is 23.1 Å². The lowest BCUT2D eigenvalue weighted by Crippen LogP contribution is -2.33. The van der Waals surface area contributed by atoms with Crippen LogP contribution in [0.25, 0.3) is 11.0 Å². The first kappa shape index (κ1) is 12.5. The van der Waals surface area contributed by atoms with Gasteiger partial charge >= 0.3 is 0 Å². The van der Waals surface area contributed by atoms with Crippen LogP contribution in [-0.4, -0.2) is 39.3 Å². The summed E-state index contributed by atoms with van der Waals surface area (Å²) in [6, 6.07) is 2.10. The molecule has 0 aromatic carbocycles. The lowest BCUT2D eigenvalue weighted by Gasteiger charge is -2.24. The minimum Gasteiger partial charge on any atom is -0.394 e. The molecule has 5 nitrogen and oxygen atoms in total. The first-order chi connectivity index (χ1) is 9.71. The van der Waals surface area contributed by atoms with Gasteiger partial charge in [0.15, 0.2) is 5.82 Å².